The van der Waals surface area contributed by atoms with Crippen LogP contribution in [-0.2, 0) is 4.57 Å². The molecule has 0 spiro atoms. The molecule has 0 aliphatic rings. The summed E-state index contributed by atoms with van der Waals surface area (Å²) >= 11 is 0. The standard InChI is InChI=1S/C4H11O2P.Ba.2H/c1-3-7(5,6)4-2;;;/h3-4H2,1-2H3,(H,5,6);;;/q;+2;2*-1. The van der Waals surface area contributed by atoms with Gasteiger partial charge in [-0.2, -0.15) is 0 Å². The first kappa shape index (κ1) is 12.4. The molecule has 48 valence electrons. The van der Waals surface area contributed by atoms with Crippen molar-refractivity contribution in [3.63, 3.8) is 0 Å². The molecular formula is C4H13BaO2P. The second kappa shape index (κ2) is 5.54. The monoisotopic (exact) mass is 262 g/mol. The van der Waals surface area contributed by atoms with E-state index in [1.807, 2.05) is 0 Å². The summed E-state index contributed by atoms with van der Waals surface area (Å²) in [5, 5.41) is 0. The van der Waals surface area contributed by atoms with Crippen molar-refractivity contribution in [2.45, 2.75) is 13.8 Å². The molecule has 0 bridgehead atoms. The summed E-state index contributed by atoms with van der Waals surface area (Å²) in [7, 11) is -2.65. The third-order valence-corrected chi connectivity index (χ3v) is 2.96. The number of hydrogen-bond donors (Lipinski definition) is 1. The van der Waals surface area contributed by atoms with Crippen molar-refractivity contribution >= 4 is 56.2 Å². The molecule has 0 rings (SSSR count). The second-order valence-electron chi connectivity index (χ2n) is 1.48. The molecule has 0 aromatic rings. The van der Waals surface area contributed by atoms with Gasteiger partial charge in [0.1, 0.15) is 0 Å². The van der Waals surface area contributed by atoms with Gasteiger partial charge >= 0.3 is 48.9 Å². The largest absolute Gasteiger partial charge is 2.00 e. The normalized spacial score (nSPS) is 10.4. The summed E-state index contributed by atoms with van der Waals surface area (Å²) in [5.74, 6) is 0. The molecule has 0 aliphatic carbocycles. The number of rotatable bonds is 2. The molecule has 0 heterocycles. The van der Waals surface area contributed by atoms with E-state index in [1.165, 1.54) is 0 Å². The molecule has 0 aromatic heterocycles. The van der Waals surface area contributed by atoms with Gasteiger partial charge in [0.25, 0.3) is 0 Å². The summed E-state index contributed by atoms with van der Waals surface area (Å²) in [4.78, 5) is 8.69. The van der Waals surface area contributed by atoms with E-state index in [-0.39, 0.29) is 51.7 Å². The zero-order valence-corrected chi connectivity index (χ0v) is 10.8. The molecule has 0 aliphatic heterocycles. The Hall–Kier alpha value is 1.76. The van der Waals surface area contributed by atoms with Crippen molar-refractivity contribution < 1.29 is 12.3 Å². The molecule has 0 radical (unpaired) electrons. The van der Waals surface area contributed by atoms with Crippen LogP contribution in [0.25, 0.3) is 0 Å². The minimum absolute atomic E-state index is 0. The van der Waals surface area contributed by atoms with Crippen LogP contribution in [0.1, 0.15) is 16.7 Å². The average Bonchev–Trinajstić information content (AvgIpc) is 1.68. The smallest absolute Gasteiger partial charge is 1.00 e. The minimum atomic E-state index is -2.65. The van der Waals surface area contributed by atoms with Gasteiger partial charge in [-0.05, 0) is 0 Å². The molecule has 0 atom stereocenters. The van der Waals surface area contributed by atoms with Gasteiger partial charge in [-0.15, -0.1) is 0 Å². The van der Waals surface area contributed by atoms with E-state index >= 15 is 0 Å². The van der Waals surface area contributed by atoms with Gasteiger partial charge < -0.3 is 7.75 Å². The SMILES string of the molecule is CCP(=O)(O)CC.[Ba+2].[H-].[H-]. The predicted octanol–water partition coefficient (Wildman–Crippen LogP) is 1.14. The van der Waals surface area contributed by atoms with Crippen molar-refractivity contribution in [3.8, 4) is 0 Å². The Labute approximate surface area is 93.6 Å². The molecule has 2 nitrogen and oxygen atoms in total. The Morgan fingerprint density at radius 1 is 1.50 bits per heavy atom. The zero-order chi connectivity index (χ0) is 5.91. The van der Waals surface area contributed by atoms with Crippen LogP contribution in [0.4, 0.5) is 0 Å². The van der Waals surface area contributed by atoms with E-state index in [9.17, 15) is 4.57 Å². The molecule has 0 saturated carbocycles. The van der Waals surface area contributed by atoms with Crippen LogP contribution in [0, 0.1) is 0 Å². The Morgan fingerprint density at radius 2 is 1.75 bits per heavy atom. The fraction of sp³-hybridized carbons (Fsp3) is 1.00. The molecule has 0 fully saturated rings. The fourth-order valence-electron chi connectivity index (χ4n) is 0.224. The Morgan fingerprint density at radius 3 is 1.75 bits per heavy atom. The maximum absolute atomic E-state index is 10.5. The van der Waals surface area contributed by atoms with E-state index < -0.39 is 7.37 Å². The Bertz CT molecular complexity index is 93.3. The summed E-state index contributed by atoms with van der Waals surface area (Å²) in [6, 6.07) is 0. The van der Waals surface area contributed by atoms with Crippen molar-refractivity contribution in [2.24, 2.45) is 0 Å². The summed E-state index contributed by atoms with van der Waals surface area (Å²) in [6.07, 6.45) is 0.812. The van der Waals surface area contributed by atoms with E-state index in [4.69, 9.17) is 4.89 Å². The molecule has 4 heteroatoms. The molecular weight excluding hydrogens is 248 g/mol. The van der Waals surface area contributed by atoms with Crippen molar-refractivity contribution in [1.29, 1.82) is 0 Å². The van der Waals surface area contributed by atoms with Gasteiger partial charge in [0, 0.05) is 12.3 Å². The molecule has 1 N–H and O–H groups in total. The predicted molar refractivity (Wildman–Crippen MR) is 38.9 cm³/mol. The van der Waals surface area contributed by atoms with E-state index in [1.54, 1.807) is 13.8 Å². The molecule has 0 aromatic carbocycles. The first-order valence-electron chi connectivity index (χ1n) is 2.43. The first-order chi connectivity index (χ1) is 3.12. The molecule has 0 saturated heterocycles. The third-order valence-electron chi connectivity index (χ3n) is 0.988. The maximum atomic E-state index is 10.5. The first-order valence-corrected chi connectivity index (χ1v) is 4.46. The van der Waals surface area contributed by atoms with Crippen molar-refractivity contribution in [3.05, 3.63) is 0 Å². The third kappa shape index (κ3) is 5.89. The summed E-state index contributed by atoms with van der Waals surface area (Å²) in [5.41, 5.74) is 0. The Balaban J connectivity index is -0.0000000600. The average molecular weight is 261 g/mol. The van der Waals surface area contributed by atoms with Crippen molar-refractivity contribution in [2.75, 3.05) is 12.3 Å². The maximum Gasteiger partial charge on any atom is 2.00 e. The van der Waals surface area contributed by atoms with Crippen LogP contribution in [0.15, 0.2) is 0 Å². The fourth-order valence-corrected chi connectivity index (χ4v) is 0.671. The van der Waals surface area contributed by atoms with Crippen LogP contribution in [0.2, 0.25) is 0 Å². The van der Waals surface area contributed by atoms with Gasteiger partial charge in [0.2, 0.25) is 0 Å². The topological polar surface area (TPSA) is 37.3 Å². The van der Waals surface area contributed by atoms with Gasteiger partial charge in [-0.1, -0.05) is 13.8 Å². The van der Waals surface area contributed by atoms with E-state index in [0.717, 1.165) is 0 Å². The van der Waals surface area contributed by atoms with Gasteiger partial charge in [0.15, 0.2) is 7.37 Å². The Kier molecular flexibility index (Phi) is 8.61. The van der Waals surface area contributed by atoms with Gasteiger partial charge in [-0.3, -0.25) is 4.57 Å². The van der Waals surface area contributed by atoms with Crippen molar-refractivity contribution in [1.82, 2.24) is 0 Å². The van der Waals surface area contributed by atoms with E-state index in [0.29, 0.717) is 12.3 Å². The van der Waals surface area contributed by atoms with Crippen LogP contribution in [0.3, 0.4) is 0 Å². The zero-order valence-electron chi connectivity index (χ0n) is 7.42. The summed E-state index contributed by atoms with van der Waals surface area (Å²) in [6.45, 7) is 3.45. The van der Waals surface area contributed by atoms with Gasteiger partial charge in [0.05, 0.1) is 0 Å². The summed E-state index contributed by atoms with van der Waals surface area (Å²) < 4.78 is 10.5. The van der Waals surface area contributed by atoms with Crippen LogP contribution in [0.5, 0.6) is 0 Å². The molecule has 0 amide bonds. The molecule has 8 heavy (non-hydrogen) atoms. The van der Waals surface area contributed by atoms with Crippen LogP contribution >= 0.6 is 7.37 Å². The van der Waals surface area contributed by atoms with Crippen LogP contribution < -0.4 is 0 Å². The van der Waals surface area contributed by atoms with Gasteiger partial charge in [-0.25, -0.2) is 0 Å². The van der Waals surface area contributed by atoms with Crippen LogP contribution in [-0.4, -0.2) is 66.1 Å². The van der Waals surface area contributed by atoms with E-state index in [2.05, 4.69) is 0 Å². The quantitative estimate of drug-likeness (QED) is 0.598. The minimum Gasteiger partial charge on any atom is -1.00 e. The second-order valence-corrected chi connectivity index (χ2v) is 4.44. The molecule has 0 unspecified atom stereocenters. The number of hydrogen-bond acceptors (Lipinski definition) is 1.